The Morgan fingerprint density at radius 3 is 2.36 bits per heavy atom. The molecule has 3 aromatic rings. The van der Waals surface area contributed by atoms with E-state index >= 15 is 0 Å². The van der Waals surface area contributed by atoms with Crippen molar-refractivity contribution in [2.75, 3.05) is 11.9 Å². The third kappa shape index (κ3) is 4.16. The highest BCUT2D eigenvalue weighted by Gasteiger charge is 2.34. The number of amides is 2. The van der Waals surface area contributed by atoms with Crippen LogP contribution in [0.1, 0.15) is 27.1 Å². The van der Waals surface area contributed by atoms with Gasteiger partial charge in [-0.15, -0.1) is 11.3 Å². The molecule has 0 aliphatic heterocycles. The van der Waals surface area contributed by atoms with Crippen molar-refractivity contribution < 1.29 is 14.7 Å². The van der Waals surface area contributed by atoms with E-state index in [1.807, 2.05) is 67.2 Å². The van der Waals surface area contributed by atoms with Gasteiger partial charge in [0.15, 0.2) is 0 Å². The second-order valence-electron chi connectivity index (χ2n) is 6.76. The number of aliphatic hydroxyl groups is 1. The predicted molar refractivity (Wildman–Crippen MR) is 114 cm³/mol. The molecule has 28 heavy (non-hydrogen) atoms. The molecule has 146 valence electrons. The first kappa shape index (κ1) is 20.3. The van der Waals surface area contributed by atoms with Crippen LogP contribution in [0.5, 0.6) is 0 Å². The van der Waals surface area contributed by atoms with Gasteiger partial charge in [0.25, 0.3) is 0 Å². The SMILES string of the molecule is Cc1cc(C)c(NC(=O)C(=O)NCC(O)(c2ccsc2)c2cccs2)c(C)c1. The van der Waals surface area contributed by atoms with Crippen molar-refractivity contribution in [1.29, 1.82) is 0 Å². The van der Waals surface area contributed by atoms with E-state index in [0.717, 1.165) is 16.7 Å². The van der Waals surface area contributed by atoms with Gasteiger partial charge in [-0.3, -0.25) is 9.59 Å². The van der Waals surface area contributed by atoms with E-state index in [4.69, 9.17) is 0 Å². The lowest BCUT2D eigenvalue weighted by Crippen LogP contribution is -2.44. The number of aryl methyl sites for hydroxylation is 3. The number of hydrogen-bond donors (Lipinski definition) is 3. The molecular formula is C21H22N2O3S2. The number of thiophene rings is 2. The Balaban J connectivity index is 1.73. The highest BCUT2D eigenvalue weighted by molar-refractivity contribution is 7.10. The zero-order chi connectivity index (χ0) is 20.3. The fourth-order valence-electron chi connectivity index (χ4n) is 3.18. The topological polar surface area (TPSA) is 78.4 Å². The van der Waals surface area contributed by atoms with Gasteiger partial charge in [0.1, 0.15) is 5.60 Å². The molecule has 2 heterocycles. The average molecular weight is 415 g/mol. The maximum Gasteiger partial charge on any atom is 0.313 e. The Bertz CT molecular complexity index is 922. The minimum absolute atomic E-state index is 0.0949. The third-order valence-corrected chi connectivity index (χ3v) is 6.26. The molecular weight excluding hydrogens is 392 g/mol. The summed E-state index contributed by atoms with van der Waals surface area (Å²) in [6.07, 6.45) is 0. The van der Waals surface area contributed by atoms with Crippen molar-refractivity contribution in [1.82, 2.24) is 5.32 Å². The molecule has 0 aliphatic carbocycles. The Hall–Kier alpha value is -2.48. The van der Waals surface area contributed by atoms with E-state index < -0.39 is 17.4 Å². The van der Waals surface area contributed by atoms with Crippen LogP contribution in [0.4, 0.5) is 5.69 Å². The Morgan fingerprint density at radius 2 is 1.79 bits per heavy atom. The fraction of sp³-hybridized carbons (Fsp3) is 0.238. The van der Waals surface area contributed by atoms with Crippen LogP contribution in [0.3, 0.4) is 0 Å². The van der Waals surface area contributed by atoms with Gasteiger partial charge >= 0.3 is 11.8 Å². The lowest BCUT2D eigenvalue weighted by molar-refractivity contribution is -0.136. The maximum absolute atomic E-state index is 12.4. The van der Waals surface area contributed by atoms with Crippen LogP contribution in [0, 0.1) is 20.8 Å². The van der Waals surface area contributed by atoms with Crippen LogP contribution in [-0.2, 0) is 15.2 Å². The highest BCUT2D eigenvalue weighted by Crippen LogP contribution is 2.33. The maximum atomic E-state index is 12.4. The summed E-state index contributed by atoms with van der Waals surface area (Å²) in [6, 6.07) is 9.37. The van der Waals surface area contributed by atoms with Crippen molar-refractivity contribution >= 4 is 40.2 Å². The van der Waals surface area contributed by atoms with Crippen molar-refractivity contribution in [3.8, 4) is 0 Å². The van der Waals surface area contributed by atoms with E-state index in [9.17, 15) is 14.7 Å². The molecule has 2 aromatic heterocycles. The first-order valence-electron chi connectivity index (χ1n) is 8.77. The second kappa shape index (κ2) is 8.26. The molecule has 0 spiro atoms. The zero-order valence-corrected chi connectivity index (χ0v) is 17.5. The molecule has 0 fully saturated rings. The van der Waals surface area contributed by atoms with E-state index in [0.29, 0.717) is 16.1 Å². The van der Waals surface area contributed by atoms with Crippen LogP contribution in [0.15, 0.2) is 46.5 Å². The molecule has 2 amide bonds. The molecule has 0 radical (unpaired) electrons. The van der Waals surface area contributed by atoms with Gasteiger partial charge in [0.05, 0.1) is 6.54 Å². The molecule has 0 saturated carbocycles. The van der Waals surface area contributed by atoms with Crippen molar-refractivity contribution in [3.05, 3.63) is 73.6 Å². The van der Waals surface area contributed by atoms with Gasteiger partial charge in [0.2, 0.25) is 0 Å². The first-order valence-corrected chi connectivity index (χ1v) is 10.6. The summed E-state index contributed by atoms with van der Waals surface area (Å²) in [5.74, 6) is -1.54. The highest BCUT2D eigenvalue weighted by atomic mass is 32.1. The largest absolute Gasteiger partial charge is 0.378 e. The number of anilines is 1. The zero-order valence-electron chi connectivity index (χ0n) is 15.9. The lowest BCUT2D eigenvalue weighted by atomic mass is 9.94. The Morgan fingerprint density at radius 1 is 1.07 bits per heavy atom. The summed E-state index contributed by atoms with van der Waals surface area (Å²) in [5, 5.41) is 22.1. The molecule has 1 atom stereocenters. The van der Waals surface area contributed by atoms with Gasteiger partial charge < -0.3 is 15.7 Å². The molecule has 5 nitrogen and oxygen atoms in total. The second-order valence-corrected chi connectivity index (χ2v) is 8.49. The molecule has 3 rings (SSSR count). The van der Waals surface area contributed by atoms with Gasteiger partial charge in [-0.2, -0.15) is 11.3 Å². The van der Waals surface area contributed by atoms with Gasteiger partial charge in [-0.1, -0.05) is 23.8 Å². The molecule has 3 N–H and O–H groups in total. The quantitative estimate of drug-likeness (QED) is 0.557. The number of nitrogens with one attached hydrogen (secondary N) is 2. The molecule has 1 aromatic carbocycles. The molecule has 0 bridgehead atoms. The number of carbonyl (C=O) groups is 2. The standard InChI is InChI=1S/C21H22N2O3S2/c1-13-9-14(2)18(15(3)10-13)23-20(25)19(24)22-12-21(26,16-6-8-27-11-16)17-5-4-7-28-17/h4-11,26H,12H2,1-3H3,(H,22,24)(H,23,25). The van der Waals surface area contributed by atoms with Crippen molar-refractivity contribution in [2.45, 2.75) is 26.4 Å². The summed E-state index contributed by atoms with van der Waals surface area (Å²) in [5.41, 5.74) is 2.83. The summed E-state index contributed by atoms with van der Waals surface area (Å²) in [6.45, 7) is 5.66. The minimum Gasteiger partial charge on any atom is -0.378 e. The third-order valence-electron chi connectivity index (χ3n) is 4.55. The average Bonchev–Trinajstić information content (AvgIpc) is 3.36. The molecule has 1 unspecified atom stereocenters. The van der Waals surface area contributed by atoms with Crippen LogP contribution in [-0.4, -0.2) is 23.5 Å². The van der Waals surface area contributed by atoms with Crippen molar-refractivity contribution in [3.63, 3.8) is 0 Å². The molecule has 7 heteroatoms. The fourth-order valence-corrected chi connectivity index (χ4v) is 4.75. The van der Waals surface area contributed by atoms with E-state index in [-0.39, 0.29) is 6.54 Å². The van der Waals surface area contributed by atoms with Gasteiger partial charge in [-0.25, -0.2) is 0 Å². The Labute approximate surface area is 172 Å². The van der Waals surface area contributed by atoms with Gasteiger partial charge in [-0.05, 0) is 60.2 Å². The Kier molecular flexibility index (Phi) is 5.98. The van der Waals surface area contributed by atoms with Crippen LogP contribution < -0.4 is 10.6 Å². The smallest absolute Gasteiger partial charge is 0.313 e. The first-order chi connectivity index (χ1) is 13.3. The van der Waals surface area contributed by atoms with E-state index in [1.165, 1.54) is 22.7 Å². The number of benzene rings is 1. The molecule has 0 saturated heterocycles. The number of hydrogen-bond acceptors (Lipinski definition) is 5. The van der Waals surface area contributed by atoms with Gasteiger partial charge in [0, 0.05) is 16.1 Å². The molecule has 0 aliphatic rings. The minimum atomic E-state index is -1.38. The van der Waals surface area contributed by atoms with Crippen LogP contribution >= 0.6 is 22.7 Å². The number of carbonyl (C=O) groups excluding carboxylic acids is 2. The monoisotopic (exact) mass is 414 g/mol. The van der Waals surface area contributed by atoms with E-state index in [2.05, 4.69) is 10.6 Å². The van der Waals surface area contributed by atoms with E-state index in [1.54, 1.807) is 0 Å². The predicted octanol–water partition coefficient (Wildman–Crippen LogP) is 3.73. The van der Waals surface area contributed by atoms with Crippen LogP contribution in [0.2, 0.25) is 0 Å². The van der Waals surface area contributed by atoms with Crippen molar-refractivity contribution in [2.24, 2.45) is 0 Å². The number of rotatable bonds is 5. The summed E-state index contributed by atoms with van der Waals surface area (Å²) >= 11 is 2.86. The van der Waals surface area contributed by atoms with Crippen LogP contribution in [0.25, 0.3) is 0 Å². The summed E-state index contributed by atoms with van der Waals surface area (Å²) in [4.78, 5) is 25.5. The summed E-state index contributed by atoms with van der Waals surface area (Å²) < 4.78 is 0. The lowest BCUT2D eigenvalue weighted by Gasteiger charge is -2.26. The summed E-state index contributed by atoms with van der Waals surface area (Å²) in [7, 11) is 0. The normalized spacial score (nSPS) is 13.0.